The Morgan fingerprint density at radius 3 is 2.54 bits per heavy atom. The van der Waals surface area contributed by atoms with Crippen molar-refractivity contribution in [2.24, 2.45) is 0 Å². The van der Waals surface area contributed by atoms with Gasteiger partial charge in [-0.2, -0.15) is 5.26 Å². The Labute approximate surface area is 170 Å². The number of amides is 1. The largest absolute Gasteiger partial charge is 0.496 e. The Hall–Kier alpha value is -2.75. The molecule has 148 valence electrons. The lowest BCUT2D eigenvalue weighted by molar-refractivity contribution is -0.119. The summed E-state index contributed by atoms with van der Waals surface area (Å²) in [7, 11) is 5.01. The van der Waals surface area contributed by atoms with Crippen LogP contribution in [0.2, 0.25) is 5.02 Å². The van der Waals surface area contributed by atoms with Crippen LogP contribution in [0, 0.1) is 11.3 Å². The molecule has 0 unspecified atom stereocenters. The number of rotatable bonds is 9. The number of nitriles is 1. The van der Waals surface area contributed by atoms with Crippen LogP contribution in [0.15, 0.2) is 42.5 Å². The second kappa shape index (κ2) is 10.5. The average Bonchev–Trinajstić information content (AvgIpc) is 2.68. The van der Waals surface area contributed by atoms with Gasteiger partial charge >= 0.3 is 0 Å². The molecule has 0 aliphatic rings. The first-order valence-corrected chi connectivity index (χ1v) is 9.19. The molecule has 7 heteroatoms. The Morgan fingerprint density at radius 1 is 1.14 bits per heavy atom. The van der Waals surface area contributed by atoms with Crippen LogP contribution >= 0.6 is 11.6 Å². The number of para-hydroxylation sites is 2. The number of methoxy groups -OCH3 is 2. The van der Waals surface area contributed by atoms with E-state index in [4.69, 9.17) is 26.3 Å². The molecule has 2 rings (SSSR count). The van der Waals surface area contributed by atoms with Gasteiger partial charge in [-0.1, -0.05) is 23.7 Å². The van der Waals surface area contributed by atoms with Crippen molar-refractivity contribution in [1.82, 2.24) is 4.90 Å². The minimum Gasteiger partial charge on any atom is -0.496 e. The van der Waals surface area contributed by atoms with E-state index in [2.05, 4.69) is 6.07 Å². The molecule has 0 aliphatic heterocycles. The molecule has 0 bridgehead atoms. The van der Waals surface area contributed by atoms with Gasteiger partial charge in [-0.25, -0.2) is 0 Å². The maximum absolute atomic E-state index is 13.0. The fraction of sp³-hybridized carbons (Fsp3) is 0.333. The highest BCUT2D eigenvalue weighted by Gasteiger charge is 2.21. The van der Waals surface area contributed by atoms with Crippen molar-refractivity contribution in [3.05, 3.63) is 53.1 Å². The maximum Gasteiger partial charge on any atom is 0.241 e. The number of nitrogens with zero attached hydrogens (tertiary/aromatic N) is 3. The van der Waals surface area contributed by atoms with E-state index in [-0.39, 0.29) is 18.9 Å². The van der Waals surface area contributed by atoms with Gasteiger partial charge in [-0.15, -0.1) is 0 Å². The molecule has 0 radical (unpaired) electrons. The Kier molecular flexibility index (Phi) is 8.12. The van der Waals surface area contributed by atoms with Gasteiger partial charge in [-0.05, 0) is 37.4 Å². The number of ether oxygens (including phenoxy) is 2. The molecule has 6 nitrogen and oxygen atoms in total. The van der Waals surface area contributed by atoms with Gasteiger partial charge in [0.1, 0.15) is 11.5 Å². The highest BCUT2D eigenvalue weighted by atomic mass is 35.5. The van der Waals surface area contributed by atoms with Crippen LogP contribution in [0.1, 0.15) is 12.0 Å². The standard InChI is InChI=1S/C21H24ClN3O3/c1-24(14-16-13-17(22)9-10-19(16)27-2)15-21(26)25(12-6-11-23)18-7-4-5-8-20(18)28-3/h4-5,7-10,13H,6,12,14-15H2,1-3H3. The van der Waals surface area contributed by atoms with Gasteiger partial charge in [0.2, 0.25) is 5.91 Å². The summed E-state index contributed by atoms with van der Waals surface area (Å²) >= 11 is 6.09. The van der Waals surface area contributed by atoms with Crippen LogP contribution in [0.25, 0.3) is 0 Å². The third kappa shape index (κ3) is 5.62. The molecule has 1 amide bonds. The minimum absolute atomic E-state index is 0.122. The lowest BCUT2D eigenvalue weighted by Gasteiger charge is -2.26. The van der Waals surface area contributed by atoms with Crippen molar-refractivity contribution >= 4 is 23.2 Å². The van der Waals surface area contributed by atoms with E-state index in [0.717, 1.165) is 11.3 Å². The van der Waals surface area contributed by atoms with Gasteiger partial charge < -0.3 is 14.4 Å². The quantitative estimate of drug-likeness (QED) is 0.640. The van der Waals surface area contributed by atoms with Gasteiger partial charge in [-0.3, -0.25) is 9.69 Å². The van der Waals surface area contributed by atoms with Crippen molar-refractivity contribution in [1.29, 1.82) is 5.26 Å². The first-order valence-electron chi connectivity index (χ1n) is 8.81. The van der Waals surface area contributed by atoms with Crippen LogP contribution in [-0.4, -0.2) is 45.2 Å². The van der Waals surface area contributed by atoms with Crippen LogP contribution in [0.5, 0.6) is 11.5 Å². The summed E-state index contributed by atoms with van der Waals surface area (Å²) in [4.78, 5) is 16.5. The molecule has 0 fully saturated rings. The van der Waals surface area contributed by atoms with E-state index in [1.165, 1.54) is 0 Å². The molecule has 2 aromatic carbocycles. The van der Waals surface area contributed by atoms with Crippen LogP contribution in [0.3, 0.4) is 0 Å². The highest BCUT2D eigenvalue weighted by Crippen LogP contribution is 2.28. The van der Waals surface area contributed by atoms with E-state index in [9.17, 15) is 4.79 Å². The van der Waals surface area contributed by atoms with E-state index >= 15 is 0 Å². The van der Waals surface area contributed by atoms with E-state index in [1.807, 2.05) is 36.2 Å². The van der Waals surface area contributed by atoms with Crippen LogP contribution in [-0.2, 0) is 11.3 Å². The summed E-state index contributed by atoms with van der Waals surface area (Å²) in [6, 6.07) is 14.8. The Bertz CT molecular complexity index is 851. The van der Waals surface area contributed by atoms with Gasteiger partial charge in [0.25, 0.3) is 0 Å². The lowest BCUT2D eigenvalue weighted by atomic mass is 10.2. The average molecular weight is 402 g/mol. The normalized spacial score (nSPS) is 10.4. The van der Waals surface area contributed by atoms with Crippen molar-refractivity contribution in [2.75, 3.05) is 39.3 Å². The molecule has 0 heterocycles. The van der Waals surface area contributed by atoms with Gasteiger partial charge in [0.05, 0.1) is 38.9 Å². The third-order valence-electron chi connectivity index (χ3n) is 4.21. The Balaban J connectivity index is 2.17. The monoisotopic (exact) mass is 401 g/mol. The fourth-order valence-electron chi connectivity index (χ4n) is 2.93. The van der Waals surface area contributed by atoms with Crippen LogP contribution in [0.4, 0.5) is 5.69 Å². The predicted octanol–water partition coefficient (Wildman–Crippen LogP) is 3.74. The fourth-order valence-corrected chi connectivity index (χ4v) is 3.12. The number of anilines is 1. The summed E-state index contributed by atoms with van der Waals surface area (Å²) in [6.07, 6.45) is 0.232. The molecule has 0 aromatic heterocycles. The van der Waals surface area contributed by atoms with Crippen molar-refractivity contribution in [3.8, 4) is 17.6 Å². The van der Waals surface area contributed by atoms with E-state index in [0.29, 0.717) is 29.5 Å². The zero-order chi connectivity index (χ0) is 20.5. The number of halogens is 1. The molecule has 0 N–H and O–H groups in total. The highest BCUT2D eigenvalue weighted by molar-refractivity contribution is 6.30. The van der Waals surface area contributed by atoms with Gasteiger partial charge in [0, 0.05) is 23.7 Å². The maximum atomic E-state index is 13.0. The van der Waals surface area contributed by atoms with E-state index in [1.54, 1.807) is 37.3 Å². The molecule has 0 atom stereocenters. The number of likely N-dealkylation sites (N-methyl/N-ethyl adjacent to an activating group) is 1. The minimum atomic E-state index is -0.122. The Morgan fingerprint density at radius 2 is 1.86 bits per heavy atom. The summed E-state index contributed by atoms with van der Waals surface area (Å²) in [6.45, 7) is 0.955. The molecule has 28 heavy (non-hydrogen) atoms. The summed E-state index contributed by atoms with van der Waals surface area (Å²) in [5, 5.41) is 9.59. The summed E-state index contributed by atoms with van der Waals surface area (Å²) in [5.74, 6) is 1.19. The lowest BCUT2D eigenvalue weighted by Crippen LogP contribution is -2.39. The van der Waals surface area contributed by atoms with Crippen LogP contribution < -0.4 is 14.4 Å². The molecule has 0 saturated heterocycles. The number of carbonyl (C=O) groups excluding carboxylic acids is 1. The molecular weight excluding hydrogens is 378 g/mol. The second-order valence-corrected chi connectivity index (χ2v) is 6.69. The summed E-state index contributed by atoms with van der Waals surface area (Å²) < 4.78 is 10.8. The van der Waals surface area contributed by atoms with Gasteiger partial charge in [0.15, 0.2) is 0 Å². The van der Waals surface area contributed by atoms with E-state index < -0.39 is 0 Å². The first-order chi connectivity index (χ1) is 13.5. The zero-order valence-corrected chi connectivity index (χ0v) is 17.1. The third-order valence-corrected chi connectivity index (χ3v) is 4.45. The SMILES string of the molecule is COc1ccc(Cl)cc1CN(C)CC(=O)N(CCC#N)c1ccccc1OC. The number of carbonyl (C=O) groups is 1. The molecular formula is C21H24ClN3O3. The predicted molar refractivity (Wildman–Crippen MR) is 110 cm³/mol. The first kappa shape index (κ1) is 21.5. The van der Waals surface area contributed by atoms with Crippen molar-refractivity contribution in [3.63, 3.8) is 0 Å². The number of benzene rings is 2. The molecule has 0 spiro atoms. The number of hydrogen-bond acceptors (Lipinski definition) is 5. The summed E-state index contributed by atoms with van der Waals surface area (Å²) in [5.41, 5.74) is 1.55. The van der Waals surface area contributed by atoms with Crippen molar-refractivity contribution < 1.29 is 14.3 Å². The molecule has 2 aromatic rings. The molecule has 0 aliphatic carbocycles. The topological polar surface area (TPSA) is 65.8 Å². The second-order valence-electron chi connectivity index (χ2n) is 6.25. The number of hydrogen-bond donors (Lipinski definition) is 0. The zero-order valence-electron chi connectivity index (χ0n) is 16.3. The van der Waals surface area contributed by atoms with Crippen molar-refractivity contribution in [2.45, 2.75) is 13.0 Å². The smallest absolute Gasteiger partial charge is 0.241 e. The molecule has 0 saturated carbocycles.